The predicted octanol–water partition coefficient (Wildman–Crippen LogP) is 4.07. The van der Waals surface area contributed by atoms with E-state index in [1.165, 1.54) is 6.07 Å². The summed E-state index contributed by atoms with van der Waals surface area (Å²) in [5.41, 5.74) is 3.29. The molecule has 1 saturated carbocycles. The number of halogens is 1. The normalized spacial score (nSPS) is 18.2. The standard InChI is InChI=1S/C22H17FN4O3/c23-17-9-12(5-6-16(17)20-26-18-3-1-2-4-19(18)27-20)14-10-24-22(25-11-14)30-15-7-13(8-15)21(28)29/h1-6,9-11,13,15H,7-8H2,(H,26,27)(H,28,29)/t13-,15+. The van der Waals surface area contributed by atoms with Gasteiger partial charge in [-0.05, 0) is 42.7 Å². The van der Waals surface area contributed by atoms with Crippen LogP contribution < -0.4 is 4.74 Å². The van der Waals surface area contributed by atoms with E-state index < -0.39 is 11.8 Å². The Morgan fingerprint density at radius 2 is 1.87 bits per heavy atom. The molecule has 1 aliphatic carbocycles. The summed E-state index contributed by atoms with van der Waals surface area (Å²) in [5, 5.41) is 8.91. The monoisotopic (exact) mass is 404 g/mol. The Labute approximate surface area is 170 Å². The number of hydrogen-bond donors (Lipinski definition) is 2. The molecule has 0 radical (unpaired) electrons. The van der Waals surface area contributed by atoms with Gasteiger partial charge in [-0.2, -0.15) is 0 Å². The van der Waals surface area contributed by atoms with Crippen LogP contribution in [0.4, 0.5) is 4.39 Å². The van der Waals surface area contributed by atoms with Crippen LogP contribution in [0.3, 0.4) is 0 Å². The molecule has 2 aromatic carbocycles. The van der Waals surface area contributed by atoms with Crippen molar-refractivity contribution in [2.24, 2.45) is 5.92 Å². The second-order valence-electron chi connectivity index (χ2n) is 7.30. The van der Waals surface area contributed by atoms with E-state index >= 15 is 0 Å². The molecule has 4 aromatic rings. The van der Waals surface area contributed by atoms with Gasteiger partial charge < -0.3 is 14.8 Å². The Kier molecular flexibility index (Phi) is 4.39. The number of carbonyl (C=O) groups is 1. The summed E-state index contributed by atoms with van der Waals surface area (Å²) in [5.74, 6) is -1.09. The highest BCUT2D eigenvalue weighted by Gasteiger charge is 2.36. The molecule has 2 N–H and O–H groups in total. The molecule has 0 saturated heterocycles. The van der Waals surface area contributed by atoms with Gasteiger partial charge in [0.2, 0.25) is 0 Å². The van der Waals surface area contributed by atoms with Crippen LogP contribution in [0.15, 0.2) is 54.9 Å². The van der Waals surface area contributed by atoms with E-state index in [9.17, 15) is 9.18 Å². The summed E-state index contributed by atoms with van der Waals surface area (Å²) in [6.45, 7) is 0. The second-order valence-corrected chi connectivity index (χ2v) is 7.30. The van der Waals surface area contributed by atoms with Crippen molar-refractivity contribution < 1.29 is 19.0 Å². The third-order valence-electron chi connectivity index (χ3n) is 5.29. The SMILES string of the molecule is O=C(O)[C@H]1C[C@@H](Oc2ncc(-c3ccc(-c4nc5ccccc5[nH]4)c(F)c3)cn2)C1. The average Bonchev–Trinajstić information content (AvgIpc) is 3.14. The fraction of sp³-hybridized carbons (Fsp3) is 0.182. The van der Waals surface area contributed by atoms with Crippen molar-refractivity contribution in [3.8, 4) is 28.5 Å². The first-order valence-corrected chi connectivity index (χ1v) is 9.53. The summed E-state index contributed by atoms with van der Waals surface area (Å²) in [4.78, 5) is 26.7. The quantitative estimate of drug-likeness (QED) is 0.520. The molecular formula is C22H17FN4O3. The molecule has 5 rings (SSSR count). The van der Waals surface area contributed by atoms with Crippen molar-refractivity contribution in [2.45, 2.75) is 18.9 Å². The second kappa shape index (κ2) is 7.22. The van der Waals surface area contributed by atoms with Crippen molar-refractivity contribution >= 4 is 17.0 Å². The Bertz CT molecular complexity index is 1200. The summed E-state index contributed by atoms with van der Waals surface area (Å²) in [7, 11) is 0. The lowest BCUT2D eigenvalue weighted by atomic mass is 9.82. The molecule has 0 bridgehead atoms. The van der Waals surface area contributed by atoms with Crippen LogP contribution in [0.25, 0.3) is 33.5 Å². The molecule has 150 valence electrons. The minimum absolute atomic E-state index is 0.183. The summed E-state index contributed by atoms with van der Waals surface area (Å²) >= 11 is 0. The molecule has 0 unspecified atom stereocenters. The third kappa shape index (κ3) is 3.36. The lowest BCUT2D eigenvalue weighted by Gasteiger charge is -2.31. The number of imidazole rings is 1. The summed E-state index contributed by atoms with van der Waals surface area (Å²) in [6, 6.07) is 12.6. The van der Waals surface area contributed by atoms with E-state index in [0.29, 0.717) is 35.4 Å². The van der Waals surface area contributed by atoms with Gasteiger partial charge in [-0.15, -0.1) is 0 Å². The minimum Gasteiger partial charge on any atom is -0.481 e. The smallest absolute Gasteiger partial charge is 0.316 e. The largest absolute Gasteiger partial charge is 0.481 e. The van der Waals surface area contributed by atoms with Gasteiger partial charge in [-0.3, -0.25) is 4.79 Å². The van der Waals surface area contributed by atoms with Gasteiger partial charge in [-0.25, -0.2) is 19.3 Å². The van der Waals surface area contributed by atoms with Crippen molar-refractivity contribution in [1.82, 2.24) is 19.9 Å². The maximum Gasteiger partial charge on any atom is 0.316 e. The summed E-state index contributed by atoms with van der Waals surface area (Å²) < 4.78 is 20.4. The van der Waals surface area contributed by atoms with Crippen molar-refractivity contribution in [3.63, 3.8) is 0 Å². The molecule has 0 atom stereocenters. The Balaban J connectivity index is 1.32. The molecular weight excluding hydrogens is 387 g/mol. The number of aromatic nitrogens is 4. The molecule has 30 heavy (non-hydrogen) atoms. The Morgan fingerprint density at radius 1 is 1.10 bits per heavy atom. The highest BCUT2D eigenvalue weighted by Crippen LogP contribution is 2.31. The zero-order valence-corrected chi connectivity index (χ0v) is 15.7. The van der Waals surface area contributed by atoms with Gasteiger partial charge in [-0.1, -0.05) is 18.2 Å². The Hall–Kier alpha value is -3.81. The third-order valence-corrected chi connectivity index (χ3v) is 5.29. The van der Waals surface area contributed by atoms with E-state index in [0.717, 1.165) is 11.0 Å². The zero-order valence-electron chi connectivity index (χ0n) is 15.7. The van der Waals surface area contributed by atoms with Crippen LogP contribution >= 0.6 is 0 Å². The minimum atomic E-state index is -0.806. The molecule has 0 amide bonds. The first kappa shape index (κ1) is 18.2. The van der Waals surface area contributed by atoms with Gasteiger partial charge in [0.25, 0.3) is 0 Å². The fourth-order valence-corrected chi connectivity index (χ4v) is 3.51. The van der Waals surface area contributed by atoms with E-state index in [-0.39, 0.29) is 18.0 Å². The zero-order chi connectivity index (χ0) is 20.7. The number of H-pyrrole nitrogens is 1. The predicted molar refractivity (Wildman–Crippen MR) is 107 cm³/mol. The van der Waals surface area contributed by atoms with Gasteiger partial charge in [0, 0.05) is 18.0 Å². The van der Waals surface area contributed by atoms with Crippen LogP contribution in [-0.2, 0) is 4.79 Å². The van der Waals surface area contributed by atoms with Crippen molar-refractivity contribution in [2.75, 3.05) is 0 Å². The lowest BCUT2D eigenvalue weighted by Crippen LogP contribution is -2.38. The number of rotatable bonds is 5. The first-order chi connectivity index (χ1) is 14.6. The number of benzene rings is 2. The molecule has 1 aliphatic rings. The Morgan fingerprint density at radius 3 is 2.57 bits per heavy atom. The number of fused-ring (bicyclic) bond motifs is 1. The van der Waals surface area contributed by atoms with E-state index in [1.54, 1.807) is 24.5 Å². The van der Waals surface area contributed by atoms with Gasteiger partial charge in [0.1, 0.15) is 17.7 Å². The number of carboxylic acid groups (broad SMARTS) is 1. The average molecular weight is 404 g/mol. The van der Waals surface area contributed by atoms with Crippen LogP contribution in [0.2, 0.25) is 0 Å². The maximum absolute atomic E-state index is 14.8. The molecule has 1 fully saturated rings. The first-order valence-electron chi connectivity index (χ1n) is 9.53. The highest BCUT2D eigenvalue weighted by molar-refractivity contribution is 5.80. The van der Waals surface area contributed by atoms with Crippen LogP contribution in [0.5, 0.6) is 6.01 Å². The van der Waals surface area contributed by atoms with Gasteiger partial charge in [0.05, 0.1) is 22.5 Å². The number of aromatic amines is 1. The molecule has 8 heteroatoms. The van der Waals surface area contributed by atoms with Crippen molar-refractivity contribution in [1.29, 1.82) is 0 Å². The number of carboxylic acids is 1. The van der Waals surface area contributed by atoms with Crippen LogP contribution in [-0.4, -0.2) is 37.1 Å². The number of para-hydroxylation sites is 2. The molecule has 7 nitrogen and oxygen atoms in total. The molecule has 0 spiro atoms. The van der Waals surface area contributed by atoms with Crippen LogP contribution in [0, 0.1) is 11.7 Å². The number of ether oxygens (including phenoxy) is 1. The molecule has 0 aliphatic heterocycles. The number of hydrogen-bond acceptors (Lipinski definition) is 5. The highest BCUT2D eigenvalue weighted by atomic mass is 19.1. The number of nitrogens with one attached hydrogen (secondary N) is 1. The number of nitrogens with zero attached hydrogens (tertiary/aromatic N) is 3. The van der Waals surface area contributed by atoms with Gasteiger partial charge >= 0.3 is 12.0 Å². The topological polar surface area (TPSA) is 101 Å². The van der Waals surface area contributed by atoms with E-state index in [2.05, 4.69) is 19.9 Å². The number of aliphatic carboxylic acids is 1. The molecule has 2 aromatic heterocycles. The van der Waals surface area contributed by atoms with E-state index in [1.807, 2.05) is 24.3 Å². The lowest BCUT2D eigenvalue weighted by molar-refractivity contribution is -0.148. The van der Waals surface area contributed by atoms with Gasteiger partial charge in [0.15, 0.2) is 0 Å². The van der Waals surface area contributed by atoms with E-state index in [4.69, 9.17) is 9.84 Å². The fourth-order valence-electron chi connectivity index (χ4n) is 3.51. The van der Waals surface area contributed by atoms with Crippen LogP contribution in [0.1, 0.15) is 12.8 Å². The molecule has 2 heterocycles. The summed E-state index contributed by atoms with van der Waals surface area (Å²) in [6.07, 6.45) is 3.85. The maximum atomic E-state index is 14.8. The van der Waals surface area contributed by atoms with Crippen molar-refractivity contribution in [3.05, 3.63) is 60.7 Å².